The zero-order valence-electron chi connectivity index (χ0n) is 15.0. The first kappa shape index (κ1) is 17.7. The molecule has 0 spiro atoms. The Bertz CT molecular complexity index is 645. The van der Waals surface area contributed by atoms with Gasteiger partial charge in [-0.1, -0.05) is 13.8 Å². The van der Waals surface area contributed by atoms with Crippen molar-refractivity contribution in [2.45, 2.75) is 26.7 Å². The molecule has 6 heteroatoms. The number of likely N-dealkylation sites (tertiary alicyclic amines) is 1. The highest BCUT2D eigenvalue weighted by molar-refractivity contribution is 5.98. The maximum Gasteiger partial charge on any atom is 0.262 e. The van der Waals surface area contributed by atoms with Crippen molar-refractivity contribution >= 4 is 17.5 Å². The van der Waals surface area contributed by atoms with E-state index in [-0.39, 0.29) is 18.4 Å². The Morgan fingerprint density at radius 3 is 3.08 bits per heavy atom. The smallest absolute Gasteiger partial charge is 0.262 e. The lowest BCUT2D eigenvalue weighted by molar-refractivity contribution is -0.118. The lowest BCUT2D eigenvalue weighted by Crippen LogP contribution is -2.42. The molecule has 1 fully saturated rings. The van der Waals surface area contributed by atoms with Crippen LogP contribution in [0.1, 0.15) is 37.0 Å². The summed E-state index contributed by atoms with van der Waals surface area (Å²) in [5.74, 6) is 1.46. The number of anilines is 1. The third-order valence-corrected chi connectivity index (χ3v) is 4.65. The predicted molar refractivity (Wildman–Crippen MR) is 96.9 cm³/mol. The second-order valence-corrected chi connectivity index (χ2v) is 7.42. The number of nitrogens with zero attached hydrogens (tertiary/aromatic N) is 1. The first-order valence-electron chi connectivity index (χ1n) is 9.08. The summed E-state index contributed by atoms with van der Waals surface area (Å²) < 4.78 is 5.37. The number of benzene rings is 1. The molecule has 1 unspecified atom stereocenters. The molecule has 1 atom stereocenters. The first-order valence-corrected chi connectivity index (χ1v) is 9.08. The molecule has 25 heavy (non-hydrogen) atoms. The quantitative estimate of drug-likeness (QED) is 0.857. The van der Waals surface area contributed by atoms with Gasteiger partial charge in [0.25, 0.3) is 11.8 Å². The SMILES string of the molecule is CC(C)CN1CCCC(CNC(=O)c2ccc3c(c2)OCC(=O)N3)C1. The average molecular weight is 345 g/mol. The number of nitrogens with one attached hydrogen (secondary N) is 2. The second-order valence-electron chi connectivity index (χ2n) is 7.42. The number of hydrogen-bond acceptors (Lipinski definition) is 4. The molecule has 2 aliphatic heterocycles. The monoisotopic (exact) mass is 345 g/mol. The Morgan fingerprint density at radius 1 is 1.44 bits per heavy atom. The molecule has 2 heterocycles. The Balaban J connectivity index is 1.53. The highest BCUT2D eigenvalue weighted by Gasteiger charge is 2.22. The molecular weight excluding hydrogens is 318 g/mol. The summed E-state index contributed by atoms with van der Waals surface area (Å²) in [6, 6.07) is 5.12. The van der Waals surface area contributed by atoms with E-state index in [1.54, 1.807) is 18.2 Å². The summed E-state index contributed by atoms with van der Waals surface area (Å²) in [7, 11) is 0. The van der Waals surface area contributed by atoms with Crippen LogP contribution >= 0.6 is 0 Å². The van der Waals surface area contributed by atoms with Crippen molar-refractivity contribution in [1.29, 1.82) is 0 Å². The van der Waals surface area contributed by atoms with Crippen molar-refractivity contribution in [2.75, 3.05) is 38.1 Å². The van der Waals surface area contributed by atoms with Crippen LogP contribution in [-0.4, -0.2) is 49.5 Å². The van der Waals surface area contributed by atoms with Gasteiger partial charge in [0.1, 0.15) is 5.75 Å². The Kier molecular flexibility index (Phi) is 5.58. The summed E-state index contributed by atoms with van der Waals surface area (Å²) in [5, 5.41) is 5.78. The lowest BCUT2D eigenvalue weighted by atomic mass is 9.97. The zero-order valence-corrected chi connectivity index (χ0v) is 15.0. The van der Waals surface area contributed by atoms with E-state index in [9.17, 15) is 9.59 Å². The number of carbonyl (C=O) groups excluding carboxylic acids is 2. The minimum absolute atomic E-state index is 0.00810. The van der Waals surface area contributed by atoms with Gasteiger partial charge in [0.05, 0.1) is 5.69 Å². The molecule has 2 N–H and O–H groups in total. The molecule has 0 radical (unpaired) electrons. The molecule has 1 saturated heterocycles. The average Bonchev–Trinajstić information content (AvgIpc) is 2.59. The standard InChI is InChI=1S/C19H27N3O3/c1-13(2)10-22-7-3-4-14(11-22)9-20-19(24)15-5-6-16-17(8-15)25-12-18(23)21-16/h5-6,8,13-14H,3-4,7,9-12H2,1-2H3,(H,20,24)(H,21,23). The second kappa shape index (κ2) is 7.87. The number of carbonyl (C=O) groups is 2. The molecule has 0 saturated carbocycles. The lowest BCUT2D eigenvalue weighted by Gasteiger charge is -2.33. The van der Waals surface area contributed by atoms with Crippen molar-refractivity contribution in [3.63, 3.8) is 0 Å². The van der Waals surface area contributed by atoms with Crippen LogP contribution in [0, 0.1) is 11.8 Å². The van der Waals surface area contributed by atoms with Crippen molar-refractivity contribution in [3.05, 3.63) is 23.8 Å². The van der Waals surface area contributed by atoms with Crippen LogP contribution in [0.25, 0.3) is 0 Å². The number of amides is 2. The summed E-state index contributed by atoms with van der Waals surface area (Å²) in [4.78, 5) is 26.2. The van der Waals surface area contributed by atoms with Crippen LogP contribution in [0.2, 0.25) is 0 Å². The normalized spacial score (nSPS) is 20.6. The number of rotatable bonds is 5. The highest BCUT2D eigenvalue weighted by atomic mass is 16.5. The molecule has 0 bridgehead atoms. The van der Waals surface area contributed by atoms with E-state index in [1.165, 1.54) is 6.42 Å². The van der Waals surface area contributed by atoms with Crippen molar-refractivity contribution in [2.24, 2.45) is 11.8 Å². The molecule has 6 nitrogen and oxygen atoms in total. The van der Waals surface area contributed by atoms with Gasteiger partial charge in [0, 0.05) is 25.2 Å². The minimum atomic E-state index is -0.173. The zero-order chi connectivity index (χ0) is 17.8. The van der Waals surface area contributed by atoms with Gasteiger partial charge in [0.15, 0.2) is 6.61 Å². The predicted octanol–water partition coefficient (Wildman–Crippen LogP) is 2.12. The maximum absolute atomic E-state index is 12.4. The number of fused-ring (bicyclic) bond motifs is 1. The van der Waals surface area contributed by atoms with Gasteiger partial charge in [0.2, 0.25) is 0 Å². The van der Waals surface area contributed by atoms with E-state index in [0.29, 0.717) is 35.4 Å². The maximum atomic E-state index is 12.4. The molecule has 2 aliphatic rings. The van der Waals surface area contributed by atoms with Gasteiger partial charge in [-0.3, -0.25) is 9.59 Å². The highest BCUT2D eigenvalue weighted by Crippen LogP contribution is 2.28. The van der Waals surface area contributed by atoms with Crippen LogP contribution in [0.3, 0.4) is 0 Å². The van der Waals surface area contributed by atoms with E-state index in [0.717, 1.165) is 26.1 Å². The van der Waals surface area contributed by atoms with Gasteiger partial charge < -0.3 is 20.3 Å². The molecule has 1 aromatic carbocycles. The summed E-state index contributed by atoms with van der Waals surface area (Å²) in [6.45, 7) is 8.51. The molecule has 1 aromatic rings. The largest absolute Gasteiger partial charge is 0.482 e. The summed E-state index contributed by atoms with van der Waals surface area (Å²) in [6.07, 6.45) is 2.36. The van der Waals surface area contributed by atoms with Crippen LogP contribution < -0.4 is 15.4 Å². The fraction of sp³-hybridized carbons (Fsp3) is 0.579. The van der Waals surface area contributed by atoms with Gasteiger partial charge in [-0.2, -0.15) is 0 Å². The van der Waals surface area contributed by atoms with Gasteiger partial charge in [-0.05, 0) is 49.4 Å². The fourth-order valence-corrected chi connectivity index (χ4v) is 3.56. The van der Waals surface area contributed by atoms with Gasteiger partial charge in [-0.25, -0.2) is 0 Å². The molecule has 0 aliphatic carbocycles. The van der Waals surface area contributed by atoms with E-state index < -0.39 is 0 Å². The molecule has 2 amide bonds. The molecule has 136 valence electrons. The Hall–Kier alpha value is -2.08. The Labute approximate surface area is 148 Å². The van der Waals surface area contributed by atoms with Crippen molar-refractivity contribution in [1.82, 2.24) is 10.2 Å². The van der Waals surface area contributed by atoms with E-state index in [4.69, 9.17) is 4.74 Å². The molecular formula is C19H27N3O3. The third kappa shape index (κ3) is 4.72. The topological polar surface area (TPSA) is 70.7 Å². The van der Waals surface area contributed by atoms with Gasteiger partial charge >= 0.3 is 0 Å². The Morgan fingerprint density at radius 2 is 2.28 bits per heavy atom. The number of hydrogen-bond donors (Lipinski definition) is 2. The fourth-order valence-electron chi connectivity index (χ4n) is 3.56. The van der Waals surface area contributed by atoms with Crippen molar-refractivity contribution in [3.8, 4) is 5.75 Å². The van der Waals surface area contributed by atoms with E-state index in [2.05, 4.69) is 29.4 Å². The van der Waals surface area contributed by atoms with E-state index in [1.807, 2.05) is 0 Å². The molecule has 0 aromatic heterocycles. The molecule has 3 rings (SSSR count). The van der Waals surface area contributed by atoms with Gasteiger partial charge in [-0.15, -0.1) is 0 Å². The number of piperidine rings is 1. The third-order valence-electron chi connectivity index (χ3n) is 4.65. The van der Waals surface area contributed by atoms with Crippen molar-refractivity contribution < 1.29 is 14.3 Å². The summed E-state index contributed by atoms with van der Waals surface area (Å²) >= 11 is 0. The van der Waals surface area contributed by atoms with Crippen LogP contribution in [0.5, 0.6) is 5.75 Å². The van der Waals surface area contributed by atoms with Crippen LogP contribution in [0.15, 0.2) is 18.2 Å². The minimum Gasteiger partial charge on any atom is -0.482 e. The van der Waals surface area contributed by atoms with Crippen LogP contribution in [-0.2, 0) is 4.79 Å². The summed E-state index contributed by atoms with van der Waals surface area (Å²) in [5.41, 5.74) is 1.18. The van der Waals surface area contributed by atoms with E-state index >= 15 is 0 Å². The first-order chi connectivity index (χ1) is 12.0. The van der Waals surface area contributed by atoms with Crippen LogP contribution in [0.4, 0.5) is 5.69 Å². The number of ether oxygens (including phenoxy) is 1.